The summed E-state index contributed by atoms with van der Waals surface area (Å²) < 4.78 is 15.0. The summed E-state index contributed by atoms with van der Waals surface area (Å²) in [7, 11) is 0. The number of benzene rings is 2. The van der Waals surface area contributed by atoms with Gasteiger partial charge in [-0.3, -0.25) is 0 Å². The van der Waals surface area contributed by atoms with Crippen molar-refractivity contribution < 1.29 is 9.50 Å². The molecule has 1 heterocycles. The van der Waals surface area contributed by atoms with E-state index in [9.17, 15) is 9.50 Å². The molecule has 0 aliphatic carbocycles. The zero-order valence-electron chi connectivity index (χ0n) is 13.4. The molecule has 0 saturated heterocycles. The molecule has 3 rings (SSSR count). The minimum absolute atomic E-state index is 0.0888. The predicted octanol–water partition coefficient (Wildman–Crippen LogP) is 4.16. The van der Waals surface area contributed by atoms with Crippen molar-refractivity contribution in [2.45, 2.75) is 31.0 Å². The van der Waals surface area contributed by atoms with Gasteiger partial charge in [0.2, 0.25) is 0 Å². The highest BCUT2D eigenvalue weighted by molar-refractivity contribution is 7.98. The third kappa shape index (κ3) is 4.24. The van der Waals surface area contributed by atoms with Gasteiger partial charge in [-0.2, -0.15) is 0 Å². The largest absolute Gasteiger partial charge is 0.390 e. The second-order valence-corrected chi connectivity index (χ2v) is 6.64. The predicted molar refractivity (Wildman–Crippen MR) is 94.4 cm³/mol. The molecule has 124 valence electrons. The lowest BCUT2D eigenvalue weighted by Crippen LogP contribution is -2.00. The van der Waals surface area contributed by atoms with Crippen molar-refractivity contribution in [1.29, 1.82) is 0 Å². The fourth-order valence-electron chi connectivity index (χ4n) is 2.37. The minimum atomic E-state index is -0.241. The van der Waals surface area contributed by atoms with Gasteiger partial charge in [-0.1, -0.05) is 53.7 Å². The van der Waals surface area contributed by atoms with Crippen LogP contribution in [0.5, 0.6) is 0 Å². The van der Waals surface area contributed by atoms with Crippen LogP contribution in [0.3, 0.4) is 0 Å². The first-order valence-corrected chi connectivity index (χ1v) is 8.72. The van der Waals surface area contributed by atoms with Gasteiger partial charge in [0, 0.05) is 18.5 Å². The van der Waals surface area contributed by atoms with Gasteiger partial charge >= 0.3 is 0 Å². The first-order valence-electron chi connectivity index (χ1n) is 7.74. The van der Waals surface area contributed by atoms with E-state index in [4.69, 9.17) is 0 Å². The number of rotatable bonds is 6. The molecule has 0 saturated carbocycles. The summed E-state index contributed by atoms with van der Waals surface area (Å²) in [6.07, 6.45) is 1.85. The van der Waals surface area contributed by atoms with E-state index >= 15 is 0 Å². The Bertz CT molecular complexity index is 797. The Hall–Kier alpha value is -2.11. The van der Waals surface area contributed by atoms with E-state index in [1.165, 1.54) is 23.3 Å². The zero-order chi connectivity index (χ0) is 16.9. The number of hydrogen-bond acceptors (Lipinski definition) is 3. The SMILES string of the molecule is Cc1ccc(CSc2nc(CO)cn2Cc2ccc(F)cc2)cc1. The van der Waals surface area contributed by atoms with Crippen molar-refractivity contribution in [2.24, 2.45) is 0 Å². The molecule has 1 N–H and O–H groups in total. The highest BCUT2D eigenvalue weighted by atomic mass is 32.2. The first-order chi connectivity index (χ1) is 11.6. The lowest BCUT2D eigenvalue weighted by Gasteiger charge is -2.08. The quantitative estimate of drug-likeness (QED) is 0.684. The van der Waals surface area contributed by atoms with Gasteiger partial charge in [0.05, 0.1) is 12.3 Å². The normalized spacial score (nSPS) is 11.0. The Kier molecular flexibility index (Phi) is 5.33. The van der Waals surface area contributed by atoms with E-state index in [0.29, 0.717) is 12.2 Å². The van der Waals surface area contributed by atoms with Crippen LogP contribution in [0, 0.1) is 12.7 Å². The third-order valence-corrected chi connectivity index (χ3v) is 4.77. The summed E-state index contributed by atoms with van der Waals surface area (Å²) in [6, 6.07) is 14.9. The van der Waals surface area contributed by atoms with E-state index in [2.05, 4.69) is 36.2 Å². The van der Waals surface area contributed by atoms with Crippen LogP contribution in [0.2, 0.25) is 0 Å². The standard InChI is InChI=1S/C19H19FN2OS/c1-14-2-4-16(5-3-14)13-24-19-21-18(12-23)11-22(19)10-15-6-8-17(20)9-7-15/h2-9,11,23H,10,12-13H2,1H3. The van der Waals surface area contributed by atoms with E-state index in [1.807, 2.05) is 10.8 Å². The number of imidazole rings is 1. The van der Waals surface area contributed by atoms with Crippen LogP contribution in [0.15, 0.2) is 59.9 Å². The highest BCUT2D eigenvalue weighted by Gasteiger charge is 2.09. The minimum Gasteiger partial charge on any atom is -0.390 e. The van der Waals surface area contributed by atoms with Crippen molar-refractivity contribution in [3.63, 3.8) is 0 Å². The second kappa shape index (κ2) is 7.64. The Labute approximate surface area is 145 Å². The van der Waals surface area contributed by atoms with Crippen LogP contribution in [-0.4, -0.2) is 14.7 Å². The lowest BCUT2D eigenvalue weighted by molar-refractivity contribution is 0.277. The fraction of sp³-hybridized carbons (Fsp3) is 0.211. The molecule has 3 aromatic rings. The monoisotopic (exact) mass is 342 g/mol. The number of nitrogens with zero attached hydrogens (tertiary/aromatic N) is 2. The van der Waals surface area contributed by atoms with E-state index in [-0.39, 0.29) is 12.4 Å². The molecular weight excluding hydrogens is 323 g/mol. The second-order valence-electron chi connectivity index (χ2n) is 5.70. The van der Waals surface area contributed by atoms with E-state index < -0.39 is 0 Å². The summed E-state index contributed by atoms with van der Waals surface area (Å²) in [6.45, 7) is 2.58. The number of halogens is 1. The average Bonchev–Trinajstić information content (AvgIpc) is 2.98. The van der Waals surface area contributed by atoms with Crippen LogP contribution < -0.4 is 0 Å². The number of aryl methyl sites for hydroxylation is 1. The van der Waals surface area contributed by atoms with Crippen LogP contribution in [0.25, 0.3) is 0 Å². The number of aromatic nitrogens is 2. The summed E-state index contributed by atoms with van der Waals surface area (Å²) in [5, 5.41) is 10.2. The number of thioether (sulfide) groups is 1. The van der Waals surface area contributed by atoms with Gasteiger partial charge in [-0.05, 0) is 30.2 Å². The topological polar surface area (TPSA) is 38.1 Å². The molecule has 2 aromatic carbocycles. The Balaban J connectivity index is 1.75. The molecule has 24 heavy (non-hydrogen) atoms. The molecular formula is C19H19FN2OS. The van der Waals surface area contributed by atoms with Crippen LogP contribution in [0.4, 0.5) is 4.39 Å². The number of aliphatic hydroxyl groups is 1. The summed E-state index contributed by atoms with van der Waals surface area (Å²) in [5.74, 6) is 0.570. The molecule has 0 aliphatic rings. The van der Waals surface area contributed by atoms with Crippen molar-refractivity contribution in [1.82, 2.24) is 9.55 Å². The molecule has 0 atom stereocenters. The Morgan fingerprint density at radius 1 is 1.04 bits per heavy atom. The highest BCUT2D eigenvalue weighted by Crippen LogP contribution is 2.24. The van der Waals surface area contributed by atoms with Crippen molar-refractivity contribution in [2.75, 3.05) is 0 Å². The molecule has 0 aliphatic heterocycles. The third-order valence-electron chi connectivity index (χ3n) is 3.71. The maximum absolute atomic E-state index is 13.0. The Morgan fingerprint density at radius 3 is 2.38 bits per heavy atom. The average molecular weight is 342 g/mol. The van der Waals surface area contributed by atoms with Gasteiger partial charge in [-0.15, -0.1) is 0 Å². The van der Waals surface area contributed by atoms with Crippen LogP contribution >= 0.6 is 11.8 Å². The van der Waals surface area contributed by atoms with Crippen LogP contribution in [0.1, 0.15) is 22.4 Å². The number of aliphatic hydroxyl groups excluding tert-OH is 1. The van der Waals surface area contributed by atoms with Gasteiger partial charge in [0.25, 0.3) is 0 Å². The zero-order valence-corrected chi connectivity index (χ0v) is 14.3. The van der Waals surface area contributed by atoms with Crippen LogP contribution in [-0.2, 0) is 18.9 Å². The Morgan fingerprint density at radius 2 is 1.71 bits per heavy atom. The first kappa shape index (κ1) is 16.7. The van der Waals surface area contributed by atoms with Crippen molar-refractivity contribution in [3.05, 3.63) is 82.9 Å². The van der Waals surface area contributed by atoms with E-state index in [0.717, 1.165) is 16.5 Å². The van der Waals surface area contributed by atoms with Gasteiger partial charge in [0.1, 0.15) is 5.82 Å². The maximum Gasteiger partial charge on any atom is 0.168 e. The fourth-order valence-corrected chi connectivity index (χ4v) is 3.33. The molecule has 0 amide bonds. The molecule has 1 aromatic heterocycles. The van der Waals surface area contributed by atoms with Crippen molar-refractivity contribution in [3.8, 4) is 0 Å². The maximum atomic E-state index is 13.0. The molecule has 0 spiro atoms. The smallest absolute Gasteiger partial charge is 0.168 e. The summed E-state index contributed by atoms with van der Waals surface area (Å²) >= 11 is 1.63. The lowest BCUT2D eigenvalue weighted by atomic mass is 10.2. The molecule has 5 heteroatoms. The van der Waals surface area contributed by atoms with E-state index in [1.54, 1.807) is 23.9 Å². The van der Waals surface area contributed by atoms with Crippen molar-refractivity contribution >= 4 is 11.8 Å². The molecule has 0 fully saturated rings. The molecule has 0 bridgehead atoms. The van der Waals surface area contributed by atoms with Gasteiger partial charge in [-0.25, -0.2) is 9.37 Å². The summed E-state index contributed by atoms with van der Waals surface area (Å²) in [5.41, 5.74) is 4.11. The molecule has 3 nitrogen and oxygen atoms in total. The number of hydrogen-bond donors (Lipinski definition) is 1. The summed E-state index contributed by atoms with van der Waals surface area (Å²) in [4.78, 5) is 4.48. The molecule has 0 radical (unpaired) electrons. The van der Waals surface area contributed by atoms with Gasteiger partial charge < -0.3 is 9.67 Å². The van der Waals surface area contributed by atoms with Gasteiger partial charge in [0.15, 0.2) is 5.16 Å². The molecule has 0 unspecified atom stereocenters.